The van der Waals surface area contributed by atoms with E-state index in [0.29, 0.717) is 17.0 Å². The zero-order valence-corrected chi connectivity index (χ0v) is 10.1. The first-order valence-corrected chi connectivity index (χ1v) is 5.59. The Balaban J connectivity index is 2.33. The fourth-order valence-electron chi connectivity index (χ4n) is 1.67. The fraction of sp³-hybridized carbons (Fsp3) is 0.182. The lowest BCUT2D eigenvalue weighted by Gasteiger charge is -2.10. The first kappa shape index (κ1) is 12.2. The van der Waals surface area contributed by atoms with Crippen LogP contribution in [-0.4, -0.2) is 26.9 Å². The Morgan fingerprint density at radius 3 is 2.65 bits per heavy atom. The molecule has 2 aromatic rings. The Morgan fingerprint density at radius 1 is 1.35 bits per heavy atom. The fourth-order valence-corrected chi connectivity index (χ4v) is 1.82. The molecule has 4 nitrogen and oxygen atoms in total. The molecule has 0 fully saturated rings. The molecule has 0 aliphatic carbocycles. The van der Waals surface area contributed by atoms with Crippen LogP contribution in [0.25, 0.3) is 0 Å². The molecule has 1 aromatic carbocycles. The number of hydrogen-bond acceptors (Lipinski definition) is 3. The molecule has 0 spiro atoms. The largest absolute Gasteiger partial charge is 0.488 e. The Morgan fingerprint density at radius 2 is 2.06 bits per heavy atom. The van der Waals surface area contributed by atoms with Gasteiger partial charge in [-0.15, -0.1) is 0 Å². The summed E-state index contributed by atoms with van der Waals surface area (Å²) in [6, 6.07) is 7.13. The van der Waals surface area contributed by atoms with Crippen LogP contribution in [0, 0.1) is 6.92 Å². The van der Waals surface area contributed by atoms with Crippen LogP contribution in [0.3, 0.4) is 0 Å². The minimum atomic E-state index is -1.47. The maximum absolute atomic E-state index is 9.26. The molecule has 0 atom stereocenters. The predicted molar refractivity (Wildman–Crippen MR) is 67.3 cm³/mol. The number of aromatic nitrogens is 2. The van der Waals surface area contributed by atoms with Crippen LogP contribution in [0.5, 0.6) is 0 Å². The number of hydrogen-bond donors (Lipinski definition) is 2. The lowest BCUT2D eigenvalue weighted by molar-refractivity contribution is 0.425. The van der Waals surface area contributed by atoms with Crippen LogP contribution in [-0.2, 0) is 6.54 Å². The maximum Gasteiger partial charge on any atom is 0.488 e. The highest BCUT2D eigenvalue weighted by Crippen LogP contribution is 2.14. The number of rotatable bonds is 3. The molecule has 0 saturated carbocycles. The number of nitrogens with zero attached hydrogens (tertiary/aromatic N) is 2. The number of halogens is 1. The van der Waals surface area contributed by atoms with Crippen molar-refractivity contribution in [3.8, 4) is 0 Å². The summed E-state index contributed by atoms with van der Waals surface area (Å²) < 4.78 is 1.73. The van der Waals surface area contributed by atoms with Crippen LogP contribution < -0.4 is 5.46 Å². The molecule has 1 heterocycles. The highest BCUT2D eigenvalue weighted by atomic mass is 35.5. The molecule has 17 heavy (non-hydrogen) atoms. The standard InChI is InChI=1S/C11H12BClN2O2/c1-8-11(13)6-14-15(8)7-9-4-2-3-5-10(9)12(16)17/h2-6,16-17H,7H2,1H3. The minimum Gasteiger partial charge on any atom is -0.423 e. The Labute approximate surface area is 105 Å². The van der Waals surface area contributed by atoms with Gasteiger partial charge in [-0.3, -0.25) is 4.68 Å². The van der Waals surface area contributed by atoms with E-state index < -0.39 is 7.12 Å². The molecule has 2 rings (SSSR count). The molecular weight excluding hydrogens is 238 g/mol. The molecular formula is C11H12BClN2O2. The minimum absolute atomic E-state index is 0.465. The Hall–Kier alpha value is -1.30. The molecule has 2 N–H and O–H groups in total. The zero-order valence-electron chi connectivity index (χ0n) is 9.34. The highest BCUT2D eigenvalue weighted by Gasteiger charge is 2.16. The normalized spacial score (nSPS) is 10.6. The van der Waals surface area contributed by atoms with Gasteiger partial charge in [0.1, 0.15) is 0 Å². The molecule has 6 heteroatoms. The van der Waals surface area contributed by atoms with E-state index in [4.69, 9.17) is 11.6 Å². The van der Waals surface area contributed by atoms with E-state index in [1.165, 1.54) is 0 Å². The highest BCUT2D eigenvalue weighted by molar-refractivity contribution is 6.59. The second-order valence-corrected chi connectivity index (χ2v) is 4.22. The lowest BCUT2D eigenvalue weighted by atomic mass is 9.77. The van der Waals surface area contributed by atoms with Gasteiger partial charge in [-0.1, -0.05) is 35.9 Å². The molecule has 0 bridgehead atoms. The van der Waals surface area contributed by atoms with Gasteiger partial charge in [0.2, 0.25) is 0 Å². The summed E-state index contributed by atoms with van der Waals surface area (Å²) in [5, 5.41) is 23.3. The van der Waals surface area contributed by atoms with Crippen molar-refractivity contribution < 1.29 is 10.0 Å². The third-order valence-electron chi connectivity index (χ3n) is 2.70. The van der Waals surface area contributed by atoms with Crippen LogP contribution in [0.15, 0.2) is 30.5 Å². The van der Waals surface area contributed by atoms with Crippen LogP contribution >= 0.6 is 11.6 Å². The van der Waals surface area contributed by atoms with Crippen molar-refractivity contribution in [3.05, 3.63) is 46.7 Å². The van der Waals surface area contributed by atoms with E-state index in [1.807, 2.05) is 19.1 Å². The predicted octanol–water partition coefficient (Wildman–Crippen LogP) is 0.573. The van der Waals surface area contributed by atoms with Crippen LogP contribution in [0.4, 0.5) is 0 Å². The summed E-state index contributed by atoms with van der Waals surface area (Å²) in [5.41, 5.74) is 2.15. The van der Waals surface area contributed by atoms with Crippen molar-refractivity contribution in [2.75, 3.05) is 0 Å². The molecule has 1 aromatic heterocycles. The smallest absolute Gasteiger partial charge is 0.423 e. The summed E-state index contributed by atoms with van der Waals surface area (Å²) >= 11 is 5.92. The van der Waals surface area contributed by atoms with Gasteiger partial charge in [0.05, 0.1) is 23.5 Å². The molecule has 0 amide bonds. The van der Waals surface area contributed by atoms with E-state index in [0.717, 1.165) is 11.3 Å². The van der Waals surface area contributed by atoms with E-state index in [-0.39, 0.29) is 0 Å². The Bertz CT molecular complexity index is 528. The molecule has 0 saturated heterocycles. The maximum atomic E-state index is 9.26. The average Bonchev–Trinajstić information content (AvgIpc) is 2.61. The van der Waals surface area contributed by atoms with E-state index in [9.17, 15) is 10.0 Å². The van der Waals surface area contributed by atoms with Gasteiger partial charge >= 0.3 is 7.12 Å². The topological polar surface area (TPSA) is 58.3 Å². The summed E-state index contributed by atoms with van der Waals surface area (Å²) in [6.45, 7) is 2.33. The molecule has 0 aliphatic rings. The first-order valence-electron chi connectivity index (χ1n) is 5.21. The van der Waals surface area contributed by atoms with Gasteiger partial charge in [0, 0.05) is 0 Å². The second kappa shape index (κ2) is 4.92. The van der Waals surface area contributed by atoms with Crippen molar-refractivity contribution in [1.29, 1.82) is 0 Å². The quantitative estimate of drug-likeness (QED) is 0.783. The Kier molecular flexibility index (Phi) is 3.52. The molecule has 0 unspecified atom stereocenters. The van der Waals surface area contributed by atoms with Gasteiger partial charge in [-0.05, 0) is 17.9 Å². The first-order chi connectivity index (χ1) is 8.09. The molecule has 88 valence electrons. The summed E-state index contributed by atoms with van der Waals surface area (Å²) in [6.07, 6.45) is 1.58. The summed E-state index contributed by atoms with van der Waals surface area (Å²) in [7, 11) is -1.47. The lowest BCUT2D eigenvalue weighted by Crippen LogP contribution is -2.33. The molecule has 0 radical (unpaired) electrons. The van der Waals surface area contributed by atoms with Gasteiger partial charge < -0.3 is 10.0 Å². The van der Waals surface area contributed by atoms with Crippen molar-refractivity contribution in [2.24, 2.45) is 0 Å². The van der Waals surface area contributed by atoms with Crippen molar-refractivity contribution in [3.63, 3.8) is 0 Å². The van der Waals surface area contributed by atoms with Gasteiger partial charge in [-0.25, -0.2) is 0 Å². The van der Waals surface area contributed by atoms with Crippen molar-refractivity contribution in [2.45, 2.75) is 13.5 Å². The summed E-state index contributed by atoms with van der Waals surface area (Å²) in [4.78, 5) is 0. The van der Waals surface area contributed by atoms with Crippen molar-refractivity contribution in [1.82, 2.24) is 9.78 Å². The monoisotopic (exact) mass is 250 g/mol. The number of benzene rings is 1. The zero-order chi connectivity index (χ0) is 12.4. The van der Waals surface area contributed by atoms with Crippen LogP contribution in [0.1, 0.15) is 11.3 Å². The van der Waals surface area contributed by atoms with Crippen LogP contribution in [0.2, 0.25) is 5.02 Å². The third kappa shape index (κ3) is 2.52. The van der Waals surface area contributed by atoms with E-state index >= 15 is 0 Å². The van der Waals surface area contributed by atoms with Crippen molar-refractivity contribution >= 4 is 24.2 Å². The second-order valence-electron chi connectivity index (χ2n) is 3.81. The SMILES string of the molecule is Cc1c(Cl)cnn1Cc1ccccc1B(O)O. The average molecular weight is 250 g/mol. The molecule has 0 aliphatic heterocycles. The van der Waals surface area contributed by atoms with Gasteiger partial charge in [0.15, 0.2) is 0 Å². The van der Waals surface area contributed by atoms with Gasteiger partial charge in [0.25, 0.3) is 0 Å². The third-order valence-corrected chi connectivity index (χ3v) is 3.07. The van der Waals surface area contributed by atoms with E-state index in [1.54, 1.807) is 23.0 Å². The van der Waals surface area contributed by atoms with E-state index in [2.05, 4.69) is 5.10 Å². The summed E-state index contributed by atoms with van der Waals surface area (Å²) in [5.74, 6) is 0. The van der Waals surface area contributed by atoms with Gasteiger partial charge in [-0.2, -0.15) is 5.10 Å².